The molecule has 3 heteroatoms. The molecule has 2 aliphatic rings. The van der Waals surface area contributed by atoms with Crippen LogP contribution in [0.1, 0.15) is 32.6 Å². The molecular formula is C16H25N3. The van der Waals surface area contributed by atoms with E-state index in [0.29, 0.717) is 0 Å². The SMILES string of the molecule is CCNc1cccc(N(C)CC2CC3CCC2C3)n1. The largest absolute Gasteiger partial charge is 0.370 e. The van der Waals surface area contributed by atoms with Gasteiger partial charge in [0, 0.05) is 20.1 Å². The maximum atomic E-state index is 4.68. The van der Waals surface area contributed by atoms with Crippen LogP contribution in [0.3, 0.4) is 0 Å². The van der Waals surface area contributed by atoms with E-state index in [-0.39, 0.29) is 0 Å². The first-order valence-corrected chi connectivity index (χ1v) is 7.68. The smallest absolute Gasteiger partial charge is 0.130 e. The molecule has 2 fully saturated rings. The summed E-state index contributed by atoms with van der Waals surface area (Å²) < 4.78 is 0. The lowest BCUT2D eigenvalue weighted by molar-refractivity contribution is 0.337. The number of hydrogen-bond donors (Lipinski definition) is 1. The third kappa shape index (κ3) is 2.70. The summed E-state index contributed by atoms with van der Waals surface area (Å²) in [6.45, 7) is 4.20. The first-order chi connectivity index (χ1) is 9.26. The van der Waals surface area contributed by atoms with Crippen molar-refractivity contribution in [3.63, 3.8) is 0 Å². The third-order valence-corrected chi connectivity index (χ3v) is 4.88. The van der Waals surface area contributed by atoms with Gasteiger partial charge in [-0.2, -0.15) is 0 Å². The summed E-state index contributed by atoms with van der Waals surface area (Å²) in [5.74, 6) is 5.00. The van der Waals surface area contributed by atoms with E-state index in [1.807, 2.05) is 6.07 Å². The van der Waals surface area contributed by atoms with Crippen molar-refractivity contribution in [1.82, 2.24) is 4.98 Å². The van der Waals surface area contributed by atoms with Crippen LogP contribution in [0.5, 0.6) is 0 Å². The number of hydrogen-bond acceptors (Lipinski definition) is 3. The van der Waals surface area contributed by atoms with E-state index in [4.69, 9.17) is 0 Å². The molecule has 0 spiro atoms. The van der Waals surface area contributed by atoms with Crippen LogP contribution < -0.4 is 10.2 Å². The van der Waals surface area contributed by atoms with Crippen molar-refractivity contribution in [3.8, 4) is 0 Å². The summed E-state index contributed by atoms with van der Waals surface area (Å²) in [5, 5.41) is 3.29. The van der Waals surface area contributed by atoms with Crippen molar-refractivity contribution < 1.29 is 0 Å². The van der Waals surface area contributed by atoms with Gasteiger partial charge in [-0.1, -0.05) is 12.5 Å². The first kappa shape index (κ1) is 12.8. The molecule has 0 saturated heterocycles. The van der Waals surface area contributed by atoms with E-state index in [1.54, 1.807) is 0 Å². The number of anilines is 2. The van der Waals surface area contributed by atoms with Gasteiger partial charge in [-0.05, 0) is 56.1 Å². The van der Waals surface area contributed by atoms with Gasteiger partial charge in [0.1, 0.15) is 11.6 Å². The van der Waals surface area contributed by atoms with Crippen LogP contribution in [-0.4, -0.2) is 25.1 Å². The van der Waals surface area contributed by atoms with Crippen molar-refractivity contribution in [2.24, 2.45) is 17.8 Å². The highest BCUT2D eigenvalue weighted by molar-refractivity contribution is 5.46. The molecule has 3 nitrogen and oxygen atoms in total. The molecule has 0 aliphatic heterocycles. The van der Waals surface area contributed by atoms with Crippen molar-refractivity contribution in [3.05, 3.63) is 18.2 Å². The Morgan fingerprint density at radius 1 is 1.32 bits per heavy atom. The molecule has 0 radical (unpaired) electrons. The van der Waals surface area contributed by atoms with Crippen LogP contribution in [0.15, 0.2) is 18.2 Å². The Hall–Kier alpha value is -1.25. The fourth-order valence-electron chi connectivity index (χ4n) is 3.96. The van der Waals surface area contributed by atoms with E-state index in [2.05, 4.69) is 41.3 Å². The molecule has 2 aliphatic carbocycles. The summed E-state index contributed by atoms with van der Waals surface area (Å²) in [6, 6.07) is 6.25. The number of pyridine rings is 1. The molecule has 1 heterocycles. The molecule has 2 saturated carbocycles. The molecule has 19 heavy (non-hydrogen) atoms. The van der Waals surface area contributed by atoms with Gasteiger partial charge in [0.15, 0.2) is 0 Å². The second-order valence-electron chi connectivity index (χ2n) is 6.23. The zero-order valence-electron chi connectivity index (χ0n) is 12.1. The molecule has 3 atom stereocenters. The lowest BCUT2D eigenvalue weighted by Crippen LogP contribution is -2.29. The Bertz CT molecular complexity index is 432. The summed E-state index contributed by atoms with van der Waals surface area (Å²) in [4.78, 5) is 7.02. The van der Waals surface area contributed by atoms with Gasteiger partial charge >= 0.3 is 0 Å². The molecule has 3 rings (SSSR count). The number of rotatable bonds is 5. The van der Waals surface area contributed by atoms with E-state index < -0.39 is 0 Å². The van der Waals surface area contributed by atoms with Crippen LogP contribution in [0, 0.1) is 17.8 Å². The lowest BCUT2D eigenvalue weighted by Gasteiger charge is -2.28. The number of fused-ring (bicyclic) bond motifs is 2. The zero-order valence-corrected chi connectivity index (χ0v) is 12.1. The van der Waals surface area contributed by atoms with Gasteiger partial charge in [-0.25, -0.2) is 4.98 Å². The van der Waals surface area contributed by atoms with Gasteiger partial charge in [-0.15, -0.1) is 0 Å². The number of nitrogens with one attached hydrogen (secondary N) is 1. The molecular weight excluding hydrogens is 234 g/mol. The van der Waals surface area contributed by atoms with Crippen LogP contribution in [0.2, 0.25) is 0 Å². The van der Waals surface area contributed by atoms with Gasteiger partial charge in [0.2, 0.25) is 0 Å². The number of nitrogens with zero attached hydrogens (tertiary/aromatic N) is 2. The van der Waals surface area contributed by atoms with Crippen molar-refractivity contribution in [1.29, 1.82) is 0 Å². The highest BCUT2D eigenvalue weighted by atomic mass is 15.2. The standard InChI is InChI=1S/C16H25N3/c1-3-17-15-5-4-6-16(18-15)19(2)11-14-10-12-7-8-13(14)9-12/h4-6,12-14H,3,7-11H2,1-2H3,(H,17,18). The predicted molar refractivity (Wildman–Crippen MR) is 80.6 cm³/mol. The highest BCUT2D eigenvalue weighted by Gasteiger charge is 2.39. The van der Waals surface area contributed by atoms with Crippen molar-refractivity contribution >= 4 is 11.6 Å². The van der Waals surface area contributed by atoms with Crippen LogP contribution in [-0.2, 0) is 0 Å². The van der Waals surface area contributed by atoms with E-state index in [0.717, 1.165) is 35.9 Å². The molecule has 1 N–H and O–H groups in total. The second-order valence-corrected chi connectivity index (χ2v) is 6.23. The first-order valence-electron chi connectivity index (χ1n) is 7.68. The normalized spacial score (nSPS) is 28.6. The van der Waals surface area contributed by atoms with Crippen molar-refractivity contribution in [2.75, 3.05) is 30.4 Å². The zero-order chi connectivity index (χ0) is 13.2. The van der Waals surface area contributed by atoms with E-state index in [1.165, 1.54) is 32.2 Å². The highest BCUT2D eigenvalue weighted by Crippen LogP contribution is 2.48. The quantitative estimate of drug-likeness (QED) is 0.878. The minimum atomic E-state index is 0.897. The average Bonchev–Trinajstić information content (AvgIpc) is 3.02. The lowest BCUT2D eigenvalue weighted by atomic mass is 9.88. The maximum absolute atomic E-state index is 4.68. The molecule has 104 valence electrons. The Balaban J connectivity index is 1.63. The van der Waals surface area contributed by atoms with Gasteiger partial charge in [0.25, 0.3) is 0 Å². The van der Waals surface area contributed by atoms with Crippen LogP contribution >= 0.6 is 0 Å². The summed E-state index contributed by atoms with van der Waals surface area (Å²) in [5.41, 5.74) is 0. The van der Waals surface area contributed by atoms with E-state index in [9.17, 15) is 0 Å². The molecule has 1 aromatic rings. The third-order valence-electron chi connectivity index (χ3n) is 4.88. The van der Waals surface area contributed by atoms with Crippen LogP contribution in [0.25, 0.3) is 0 Å². The van der Waals surface area contributed by atoms with Crippen molar-refractivity contribution in [2.45, 2.75) is 32.6 Å². The summed E-state index contributed by atoms with van der Waals surface area (Å²) in [6.07, 6.45) is 5.89. The minimum Gasteiger partial charge on any atom is -0.370 e. The fourth-order valence-corrected chi connectivity index (χ4v) is 3.96. The monoisotopic (exact) mass is 259 g/mol. The Morgan fingerprint density at radius 2 is 2.21 bits per heavy atom. The van der Waals surface area contributed by atoms with Gasteiger partial charge < -0.3 is 10.2 Å². The topological polar surface area (TPSA) is 28.2 Å². The average molecular weight is 259 g/mol. The summed E-state index contributed by atoms with van der Waals surface area (Å²) in [7, 11) is 2.18. The second kappa shape index (κ2) is 5.40. The molecule has 3 unspecified atom stereocenters. The van der Waals surface area contributed by atoms with Gasteiger partial charge in [-0.3, -0.25) is 0 Å². The molecule has 0 aromatic carbocycles. The Kier molecular flexibility index (Phi) is 3.63. The van der Waals surface area contributed by atoms with Crippen LogP contribution in [0.4, 0.5) is 11.6 Å². The molecule has 1 aromatic heterocycles. The van der Waals surface area contributed by atoms with E-state index >= 15 is 0 Å². The predicted octanol–water partition coefficient (Wildman–Crippen LogP) is 3.39. The minimum absolute atomic E-state index is 0.897. The molecule has 0 amide bonds. The fraction of sp³-hybridized carbons (Fsp3) is 0.688. The molecule has 2 bridgehead atoms. The maximum Gasteiger partial charge on any atom is 0.130 e. The Labute approximate surface area is 116 Å². The summed E-state index contributed by atoms with van der Waals surface area (Å²) >= 11 is 0. The van der Waals surface area contributed by atoms with Gasteiger partial charge in [0.05, 0.1) is 0 Å². The Morgan fingerprint density at radius 3 is 2.89 bits per heavy atom. The number of aromatic nitrogens is 1.